The molecule has 138 valence electrons. The minimum Gasteiger partial charge on any atom is -0.496 e. The van der Waals surface area contributed by atoms with Crippen LogP contribution in [0.2, 0.25) is 0 Å². The highest BCUT2D eigenvalue weighted by atomic mass is 19.4. The zero-order valence-corrected chi connectivity index (χ0v) is 14.0. The highest BCUT2D eigenvalue weighted by Crippen LogP contribution is 2.29. The fraction of sp³-hybridized carbons (Fsp3) is 0.222. The number of alkyl halides is 3. The third-order valence-electron chi connectivity index (χ3n) is 3.60. The molecule has 0 unspecified atom stereocenters. The molecule has 0 heterocycles. The van der Waals surface area contributed by atoms with Gasteiger partial charge < -0.3 is 14.8 Å². The van der Waals surface area contributed by atoms with Crippen molar-refractivity contribution in [2.24, 2.45) is 0 Å². The Morgan fingerprint density at radius 2 is 1.69 bits per heavy atom. The van der Waals surface area contributed by atoms with Gasteiger partial charge in [0.1, 0.15) is 11.3 Å². The normalized spacial score (nSPS) is 11.0. The molecule has 0 radical (unpaired) electrons. The van der Waals surface area contributed by atoms with Gasteiger partial charge in [-0.05, 0) is 42.0 Å². The SMILES string of the molecule is COC(=O)c1cc(CNC(=O)c2ccc(C(F)(F)F)cc2)ccc1OC. The summed E-state index contributed by atoms with van der Waals surface area (Å²) >= 11 is 0. The maximum absolute atomic E-state index is 12.5. The van der Waals surface area contributed by atoms with Gasteiger partial charge in [-0.15, -0.1) is 0 Å². The van der Waals surface area contributed by atoms with Crippen LogP contribution >= 0.6 is 0 Å². The van der Waals surface area contributed by atoms with Gasteiger partial charge in [0.25, 0.3) is 5.91 Å². The van der Waals surface area contributed by atoms with Crippen LogP contribution in [0.25, 0.3) is 0 Å². The second-order valence-electron chi connectivity index (χ2n) is 5.28. The molecule has 0 aliphatic carbocycles. The van der Waals surface area contributed by atoms with Crippen molar-refractivity contribution in [3.8, 4) is 5.75 Å². The third-order valence-corrected chi connectivity index (χ3v) is 3.60. The van der Waals surface area contributed by atoms with Gasteiger partial charge in [0.2, 0.25) is 0 Å². The lowest BCUT2D eigenvalue weighted by atomic mass is 10.1. The summed E-state index contributed by atoms with van der Waals surface area (Å²) in [6.45, 7) is 0.0772. The fourth-order valence-electron chi connectivity index (χ4n) is 2.23. The first-order chi connectivity index (χ1) is 12.3. The fourth-order valence-corrected chi connectivity index (χ4v) is 2.23. The van der Waals surface area contributed by atoms with Crippen molar-refractivity contribution in [1.29, 1.82) is 0 Å². The largest absolute Gasteiger partial charge is 0.496 e. The van der Waals surface area contributed by atoms with Crippen LogP contribution in [0.3, 0.4) is 0 Å². The average molecular weight is 367 g/mol. The van der Waals surface area contributed by atoms with Gasteiger partial charge in [-0.3, -0.25) is 4.79 Å². The van der Waals surface area contributed by atoms with E-state index in [1.807, 2.05) is 0 Å². The molecule has 2 rings (SSSR count). The van der Waals surface area contributed by atoms with E-state index in [2.05, 4.69) is 10.1 Å². The van der Waals surface area contributed by atoms with Crippen molar-refractivity contribution >= 4 is 11.9 Å². The third kappa shape index (κ3) is 4.53. The number of hydrogen-bond acceptors (Lipinski definition) is 4. The van der Waals surface area contributed by atoms with E-state index in [-0.39, 0.29) is 17.7 Å². The molecule has 2 aromatic rings. The van der Waals surface area contributed by atoms with Crippen LogP contribution in [-0.2, 0) is 17.5 Å². The van der Waals surface area contributed by atoms with Crippen molar-refractivity contribution in [1.82, 2.24) is 5.32 Å². The number of rotatable bonds is 5. The van der Waals surface area contributed by atoms with Crippen molar-refractivity contribution < 1.29 is 32.2 Å². The zero-order chi connectivity index (χ0) is 19.3. The number of methoxy groups -OCH3 is 2. The number of carbonyl (C=O) groups is 2. The molecule has 0 saturated heterocycles. The van der Waals surface area contributed by atoms with Crippen LogP contribution in [0.5, 0.6) is 5.75 Å². The Labute approximate surface area is 147 Å². The highest BCUT2D eigenvalue weighted by molar-refractivity contribution is 5.94. The Morgan fingerprint density at radius 3 is 2.23 bits per heavy atom. The standard InChI is InChI=1S/C18H16F3NO4/c1-25-15-8-3-11(9-14(15)17(24)26-2)10-22-16(23)12-4-6-13(7-5-12)18(19,20)21/h3-9H,10H2,1-2H3,(H,22,23). The lowest BCUT2D eigenvalue weighted by Crippen LogP contribution is -2.23. The number of amides is 1. The molecule has 0 bridgehead atoms. The van der Waals surface area contributed by atoms with E-state index in [1.54, 1.807) is 12.1 Å². The van der Waals surface area contributed by atoms with Gasteiger partial charge in [0.15, 0.2) is 0 Å². The summed E-state index contributed by atoms with van der Waals surface area (Å²) < 4.78 is 47.4. The Balaban J connectivity index is 2.08. The van der Waals surface area contributed by atoms with Crippen molar-refractivity contribution in [2.75, 3.05) is 14.2 Å². The molecular weight excluding hydrogens is 351 g/mol. The smallest absolute Gasteiger partial charge is 0.416 e. The number of nitrogens with one attached hydrogen (secondary N) is 1. The van der Waals surface area contributed by atoms with Gasteiger partial charge in [0, 0.05) is 12.1 Å². The minimum absolute atomic E-state index is 0.0772. The van der Waals surface area contributed by atoms with Crippen molar-refractivity contribution in [2.45, 2.75) is 12.7 Å². The van der Waals surface area contributed by atoms with E-state index < -0.39 is 23.6 Å². The van der Waals surface area contributed by atoms with Gasteiger partial charge >= 0.3 is 12.1 Å². The maximum Gasteiger partial charge on any atom is 0.416 e. The molecule has 0 saturated carbocycles. The predicted molar refractivity (Wildman–Crippen MR) is 86.9 cm³/mol. The van der Waals surface area contributed by atoms with E-state index in [0.29, 0.717) is 11.3 Å². The summed E-state index contributed by atoms with van der Waals surface area (Å²) in [5.74, 6) is -0.790. The molecule has 0 aromatic heterocycles. The lowest BCUT2D eigenvalue weighted by Gasteiger charge is -2.11. The van der Waals surface area contributed by atoms with E-state index in [0.717, 1.165) is 24.3 Å². The topological polar surface area (TPSA) is 64.6 Å². The van der Waals surface area contributed by atoms with Crippen LogP contribution in [0.1, 0.15) is 31.8 Å². The molecule has 0 aliphatic heterocycles. The van der Waals surface area contributed by atoms with E-state index in [4.69, 9.17) is 4.74 Å². The summed E-state index contributed by atoms with van der Waals surface area (Å²) in [7, 11) is 2.65. The van der Waals surface area contributed by atoms with Gasteiger partial charge in [0.05, 0.1) is 19.8 Å². The maximum atomic E-state index is 12.5. The first-order valence-corrected chi connectivity index (χ1v) is 7.47. The number of ether oxygens (including phenoxy) is 2. The monoisotopic (exact) mass is 367 g/mol. The van der Waals surface area contributed by atoms with E-state index >= 15 is 0 Å². The molecule has 1 N–H and O–H groups in total. The number of benzene rings is 2. The summed E-state index contributed by atoms with van der Waals surface area (Å²) in [6, 6.07) is 8.62. The molecule has 0 spiro atoms. The number of halogens is 3. The molecule has 0 aliphatic rings. The van der Waals surface area contributed by atoms with Crippen LogP contribution < -0.4 is 10.1 Å². The molecule has 2 aromatic carbocycles. The summed E-state index contributed by atoms with van der Waals surface area (Å²) in [4.78, 5) is 23.8. The number of esters is 1. The Morgan fingerprint density at radius 1 is 1.04 bits per heavy atom. The van der Waals surface area contributed by atoms with Gasteiger partial charge in [-0.2, -0.15) is 13.2 Å². The molecule has 0 fully saturated rings. The first kappa shape index (κ1) is 19.3. The predicted octanol–water partition coefficient (Wildman–Crippen LogP) is 3.43. The van der Waals surface area contributed by atoms with Crippen molar-refractivity contribution in [3.05, 3.63) is 64.7 Å². The summed E-state index contributed by atoms with van der Waals surface area (Å²) in [5, 5.41) is 2.58. The minimum atomic E-state index is -4.46. The molecule has 8 heteroatoms. The van der Waals surface area contributed by atoms with Crippen LogP contribution in [0, 0.1) is 0 Å². The molecule has 26 heavy (non-hydrogen) atoms. The second kappa shape index (κ2) is 7.90. The second-order valence-corrected chi connectivity index (χ2v) is 5.28. The Hall–Kier alpha value is -3.03. The van der Waals surface area contributed by atoms with Crippen LogP contribution in [0.15, 0.2) is 42.5 Å². The molecule has 5 nitrogen and oxygen atoms in total. The quantitative estimate of drug-likeness (QED) is 0.823. The number of hydrogen-bond donors (Lipinski definition) is 1. The highest BCUT2D eigenvalue weighted by Gasteiger charge is 2.30. The lowest BCUT2D eigenvalue weighted by molar-refractivity contribution is -0.137. The molecular formula is C18H16F3NO4. The van der Waals surface area contributed by atoms with Gasteiger partial charge in [-0.25, -0.2) is 4.79 Å². The van der Waals surface area contributed by atoms with Crippen molar-refractivity contribution in [3.63, 3.8) is 0 Å². The van der Waals surface area contributed by atoms with E-state index in [1.165, 1.54) is 20.3 Å². The van der Waals surface area contributed by atoms with Crippen LogP contribution in [0.4, 0.5) is 13.2 Å². The average Bonchev–Trinajstić information content (AvgIpc) is 2.64. The molecule has 1 amide bonds. The zero-order valence-electron chi connectivity index (χ0n) is 14.0. The Kier molecular flexibility index (Phi) is 5.86. The molecule has 0 atom stereocenters. The summed E-state index contributed by atoms with van der Waals surface area (Å²) in [6.07, 6.45) is -4.46. The van der Waals surface area contributed by atoms with Gasteiger partial charge in [-0.1, -0.05) is 6.07 Å². The number of carbonyl (C=O) groups excluding carboxylic acids is 2. The Bertz CT molecular complexity index is 801. The van der Waals surface area contributed by atoms with E-state index in [9.17, 15) is 22.8 Å². The summed E-state index contributed by atoms with van der Waals surface area (Å²) in [5.41, 5.74) is 0.0781. The van der Waals surface area contributed by atoms with Crippen LogP contribution in [-0.4, -0.2) is 26.1 Å². The first-order valence-electron chi connectivity index (χ1n) is 7.47.